The van der Waals surface area contributed by atoms with E-state index < -0.39 is 6.10 Å². The number of nitrogens with zero attached hydrogens (tertiary/aromatic N) is 2. The highest BCUT2D eigenvalue weighted by atomic mass is 16.5. The zero-order valence-corrected chi connectivity index (χ0v) is 10.9. The van der Waals surface area contributed by atoms with Gasteiger partial charge in [-0.2, -0.15) is 10.2 Å². The van der Waals surface area contributed by atoms with E-state index in [-0.39, 0.29) is 13.2 Å². The second kappa shape index (κ2) is 7.37. The lowest BCUT2D eigenvalue weighted by atomic mass is 10.3. The predicted octanol–water partition coefficient (Wildman–Crippen LogP) is 2.83. The minimum atomic E-state index is -0.868. The summed E-state index contributed by atoms with van der Waals surface area (Å²) in [5.41, 5.74) is 1.50. The van der Waals surface area contributed by atoms with Crippen LogP contribution in [0.15, 0.2) is 64.8 Å². The van der Waals surface area contributed by atoms with Gasteiger partial charge in [0, 0.05) is 0 Å². The van der Waals surface area contributed by atoms with E-state index >= 15 is 0 Å². The van der Waals surface area contributed by atoms with Gasteiger partial charge in [-0.1, -0.05) is 18.2 Å². The molecule has 0 aliphatic heterocycles. The van der Waals surface area contributed by atoms with Gasteiger partial charge in [0.2, 0.25) is 0 Å². The minimum Gasteiger partial charge on any atom is -0.491 e. The van der Waals surface area contributed by atoms with Crippen molar-refractivity contribution in [2.45, 2.75) is 6.10 Å². The summed E-state index contributed by atoms with van der Waals surface area (Å²) in [7, 11) is 0. The summed E-state index contributed by atoms with van der Waals surface area (Å²) in [6.45, 7) is -0.259. The summed E-state index contributed by atoms with van der Waals surface area (Å²) >= 11 is 0. The maximum absolute atomic E-state index is 9.18. The molecule has 0 spiro atoms. The summed E-state index contributed by atoms with van der Waals surface area (Å²) in [5, 5.41) is 26.1. The third kappa shape index (κ3) is 4.46. The van der Waals surface area contributed by atoms with Crippen molar-refractivity contribution in [3.63, 3.8) is 0 Å². The smallest absolute Gasteiger partial charge is 0.119 e. The van der Waals surface area contributed by atoms with Crippen LogP contribution in [0.3, 0.4) is 0 Å². The van der Waals surface area contributed by atoms with Crippen molar-refractivity contribution in [2.75, 3.05) is 13.2 Å². The van der Waals surface area contributed by atoms with E-state index in [1.807, 2.05) is 30.3 Å². The molecule has 0 saturated carbocycles. The normalized spacial score (nSPS) is 12.5. The highest BCUT2D eigenvalue weighted by Gasteiger charge is 2.02. The lowest BCUT2D eigenvalue weighted by molar-refractivity contribution is 0.0536. The third-order valence-electron chi connectivity index (χ3n) is 2.53. The zero-order chi connectivity index (χ0) is 14.2. The monoisotopic (exact) mass is 272 g/mol. The molecule has 0 aliphatic carbocycles. The SMILES string of the molecule is OCC(O)COc1ccc(N=Nc2ccccc2)cc1. The molecule has 2 rings (SSSR count). The van der Waals surface area contributed by atoms with Gasteiger partial charge in [0.15, 0.2) is 0 Å². The molecule has 0 bridgehead atoms. The molecule has 5 nitrogen and oxygen atoms in total. The molecule has 5 heteroatoms. The molecule has 2 N–H and O–H groups in total. The Morgan fingerprint density at radius 1 is 0.900 bits per heavy atom. The summed E-state index contributed by atoms with van der Waals surface area (Å²) < 4.78 is 5.29. The van der Waals surface area contributed by atoms with Crippen LogP contribution < -0.4 is 4.74 Å². The molecule has 0 fully saturated rings. The van der Waals surface area contributed by atoms with E-state index in [1.54, 1.807) is 24.3 Å². The number of rotatable bonds is 6. The molecule has 1 atom stereocenters. The van der Waals surface area contributed by atoms with E-state index in [2.05, 4.69) is 10.2 Å². The van der Waals surface area contributed by atoms with Crippen LogP contribution in [0, 0.1) is 0 Å². The quantitative estimate of drug-likeness (QED) is 0.794. The summed E-state index contributed by atoms with van der Waals surface area (Å²) in [4.78, 5) is 0. The molecule has 0 amide bonds. The Kier molecular flexibility index (Phi) is 5.23. The maximum atomic E-state index is 9.18. The number of ether oxygens (including phenoxy) is 1. The Morgan fingerprint density at radius 2 is 1.50 bits per heavy atom. The number of benzene rings is 2. The maximum Gasteiger partial charge on any atom is 0.119 e. The molecule has 0 heterocycles. The van der Waals surface area contributed by atoms with Crippen LogP contribution in [0.5, 0.6) is 5.75 Å². The molecule has 0 aromatic heterocycles. The van der Waals surface area contributed by atoms with Gasteiger partial charge in [-0.3, -0.25) is 0 Å². The van der Waals surface area contributed by atoms with Crippen molar-refractivity contribution in [1.82, 2.24) is 0 Å². The summed E-state index contributed by atoms with van der Waals surface area (Å²) in [6.07, 6.45) is -0.868. The fraction of sp³-hybridized carbons (Fsp3) is 0.200. The minimum absolute atomic E-state index is 0.0569. The van der Waals surface area contributed by atoms with Gasteiger partial charge in [0.05, 0.1) is 18.0 Å². The highest BCUT2D eigenvalue weighted by Crippen LogP contribution is 2.21. The first-order valence-corrected chi connectivity index (χ1v) is 6.26. The van der Waals surface area contributed by atoms with Crippen molar-refractivity contribution in [3.05, 3.63) is 54.6 Å². The molecule has 20 heavy (non-hydrogen) atoms. The van der Waals surface area contributed by atoms with Gasteiger partial charge in [-0.15, -0.1) is 0 Å². The molecular formula is C15H16N2O3. The van der Waals surface area contributed by atoms with Crippen molar-refractivity contribution in [1.29, 1.82) is 0 Å². The Balaban J connectivity index is 1.93. The molecule has 0 saturated heterocycles. The second-order valence-corrected chi connectivity index (χ2v) is 4.18. The van der Waals surface area contributed by atoms with Crippen molar-refractivity contribution >= 4 is 11.4 Å². The lowest BCUT2D eigenvalue weighted by Crippen LogP contribution is -2.21. The van der Waals surface area contributed by atoms with Crippen LogP contribution in [0.2, 0.25) is 0 Å². The number of aliphatic hydroxyl groups excluding tert-OH is 2. The van der Waals surface area contributed by atoms with Crippen LogP contribution in [-0.2, 0) is 0 Å². The fourth-order valence-corrected chi connectivity index (χ4v) is 1.46. The van der Waals surface area contributed by atoms with E-state index in [9.17, 15) is 5.11 Å². The first kappa shape index (κ1) is 14.2. The first-order valence-electron chi connectivity index (χ1n) is 6.26. The molecule has 2 aromatic carbocycles. The van der Waals surface area contributed by atoms with Gasteiger partial charge in [-0.05, 0) is 36.4 Å². The van der Waals surface area contributed by atoms with E-state index in [1.165, 1.54) is 0 Å². The average molecular weight is 272 g/mol. The van der Waals surface area contributed by atoms with Crippen LogP contribution in [0.4, 0.5) is 11.4 Å². The average Bonchev–Trinajstić information content (AvgIpc) is 2.52. The van der Waals surface area contributed by atoms with Crippen LogP contribution in [0.1, 0.15) is 0 Å². The van der Waals surface area contributed by atoms with Crippen molar-refractivity contribution < 1.29 is 14.9 Å². The second-order valence-electron chi connectivity index (χ2n) is 4.18. The lowest BCUT2D eigenvalue weighted by Gasteiger charge is -2.09. The number of azo groups is 1. The third-order valence-corrected chi connectivity index (χ3v) is 2.53. The predicted molar refractivity (Wildman–Crippen MR) is 75.6 cm³/mol. The van der Waals surface area contributed by atoms with E-state index in [4.69, 9.17) is 9.84 Å². The van der Waals surface area contributed by atoms with E-state index in [0.29, 0.717) is 11.4 Å². The molecular weight excluding hydrogens is 256 g/mol. The van der Waals surface area contributed by atoms with Gasteiger partial charge in [0.1, 0.15) is 18.5 Å². The van der Waals surface area contributed by atoms with Crippen molar-refractivity contribution in [3.8, 4) is 5.75 Å². The molecule has 2 aromatic rings. The van der Waals surface area contributed by atoms with Crippen molar-refractivity contribution in [2.24, 2.45) is 10.2 Å². The van der Waals surface area contributed by atoms with Gasteiger partial charge in [0.25, 0.3) is 0 Å². The van der Waals surface area contributed by atoms with E-state index in [0.717, 1.165) is 5.69 Å². The highest BCUT2D eigenvalue weighted by molar-refractivity contribution is 5.42. The van der Waals surface area contributed by atoms with Gasteiger partial charge in [-0.25, -0.2) is 0 Å². The van der Waals surface area contributed by atoms with Gasteiger partial charge >= 0.3 is 0 Å². The largest absolute Gasteiger partial charge is 0.491 e. The Hall–Kier alpha value is -2.24. The molecule has 0 radical (unpaired) electrons. The number of hydrogen-bond acceptors (Lipinski definition) is 5. The molecule has 0 aliphatic rings. The van der Waals surface area contributed by atoms with Gasteiger partial charge < -0.3 is 14.9 Å². The van der Waals surface area contributed by atoms with Crippen LogP contribution in [0.25, 0.3) is 0 Å². The Labute approximate surface area is 117 Å². The first-order chi connectivity index (χ1) is 9.78. The fourth-order valence-electron chi connectivity index (χ4n) is 1.46. The van der Waals surface area contributed by atoms with Crippen LogP contribution >= 0.6 is 0 Å². The summed E-state index contributed by atoms with van der Waals surface area (Å²) in [5.74, 6) is 0.608. The number of hydrogen-bond donors (Lipinski definition) is 2. The number of aliphatic hydroxyl groups is 2. The molecule has 104 valence electrons. The summed E-state index contributed by atoms with van der Waals surface area (Å²) in [6, 6.07) is 16.5. The Bertz CT molecular complexity index is 541. The Morgan fingerprint density at radius 3 is 2.10 bits per heavy atom. The standard InChI is InChI=1S/C15H16N2O3/c18-10-14(19)11-20-15-8-6-13(7-9-15)17-16-12-4-2-1-3-5-12/h1-9,14,18-19H,10-11H2. The molecule has 1 unspecified atom stereocenters. The zero-order valence-electron chi connectivity index (χ0n) is 10.9. The van der Waals surface area contributed by atoms with Crippen LogP contribution in [-0.4, -0.2) is 29.5 Å². The topological polar surface area (TPSA) is 74.4 Å².